The zero-order valence-corrected chi connectivity index (χ0v) is 16.7. The van der Waals surface area contributed by atoms with E-state index >= 15 is 0 Å². The lowest BCUT2D eigenvalue weighted by Gasteiger charge is -2.07. The highest BCUT2D eigenvalue weighted by molar-refractivity contribution is 9.10. The fourth-order valence-corrected chi connectivity index (χ4v) is 3.42. The minimum absolute atomic E-state index is 0.113. The van der Waals surface area contributed by atoms with Gasteiger partial charge in [-0.3, -0.25) is 14.3 Å². The lowest BCUT2D eigenvalue weighted by molar-refractivity contribution is -0.116. The van der Waals surface area contributed by atoms with Crippen molar-refractivity contribution >= 4 is 44.2 Å². The smallest absolute Gasteiger partial charge is 0.265 e. The summed E-state index contributed by atoms with van der Waals surface area (Å²) in [6.07, 6.45) is 0.282. The van der Waals surface area contributed by atoms with E-state index < -0.39 is 0 Å². The van der Waals surface area contributed by atoms with Crippen molar-refractivity contribution in [3.63, 3.8) is 0 Å². The number of aromatic nitrogens is 3. The molecule has 0 aliphatic rings. The minimum atomic E-state index is -0.156. The number of amides is 2. The van der Waals surface area contributed by atoms with E-state index in [1.54, 1.807) is 25.7 Å². The summed E-state index contributed by atoms with van der Waals surface area (Å²) in [4.78, 5) is 30.4. The molecule has 2 amide bonds. The van der Waals surface area contributed by atoms with Crippen molar-refractivity contribution in [2.24, 2.45) is 0 Å². The highest BCUT2D eigenvalue weighted by Crippen LogP contribution is 2.24. The Balaban J connectivity index is 1.99. The summed E-state index contributed by atoms with van der Waals surface area (Å²) < 4.78 is 2.76. The summed E-state index contributed by atoms with van der Waals surface area (Å²) in [6, 6.07) is 0. The van der Waals surface area contributed by atoms with Crippen LogP contribution in [0, 0.1) is 20.8 Å². The van der Waals surface area contributed by atoms with E-state index in [0.717, 1.165) is 15.9 Å². The molecule has 2 heterocycles. The molecule has 0 atom stereocenters. The minimum Gasteiger partial charge on any atom is -0.344 e. The fraction of sp³-hybridized carbons (Fsp3) is 0.467. The first kappa shape index (κ1) is 18.6. The molecule has 0 fully saturated rings. The van der Waals surface area contributed by atoms with Crippen molar-refractivity contribution in [3.8, 4) is 0 Å². The highest BCUT2D eigenvalue weighted by Gasteiger charge is 2.18. The van der Waals surface area contributed by atoms with Gasteiger partial charge in [0.1, 0.15) is 4.88 Å². The maximum absolute atomic E-state index is 12.1. The molecule has 1 N–H and O–H groups in total. The van der Waals surface area contributed by atoms with E-state index in [0.29, 0.717) is 22.2 Å². The van der Waals surface area contributed by atoms with Gasteiger partial charge in [-0.15, -0.1) is 0 Å². The van der Waals surface area contributed by atoms with E-state index in [4.69, 9.17) is 0 Å². The maximum Gasteiger partial charge on any atom is 0.265 e. The average Bonchev–Trinajstić information content (AvgIpc) is 2.99. The number of aryl methyl sites for hydroxylation is 3. The van der Waals surface area contributed by atoms with Gasteiger partial charge < -0.3 is 10.2 Å². The zero-order chi connectivity index (χ0) is 18.0. The normalized spacial score (nSPS) is 10.8. The van der Waals surface area contributed by atoms with Gasteiger partial charge in [-0.1, -0.05) is 11.3 Å². The van der Waals surface area contributed by atoms with E-state index in [9.17, 15) is 9.59 Å². The predicted molar refractivity (Wildman–Crippen MR) is 97.5 cm³/mol. The number of nitrogens with zero attached hydrogens (tertiary/aromatic N) is 4. The van der Waals surface area contributed by atoms with Crippen LogP contribution in [-0.4, -0.2) is 45.6 Å². The molecule has 2 aromatic rings. The molecule has 0 aliphatic heterocycles. The van der Waals surface area contributed by atoms with Crippen LogP contribution in [0.25, 0.3) is 0 Å². The second-order valence-electron chi connectivity index (χ2n) is 5.64. The lowest BCUT2D eigenvalue weighted by Crippen LogP contribution is -2.21. The summed E-state index contributed by atoms with van der Waals surface area (Å²) in [6.45, 7) is 6.11. The van der Waals surface area contributed by atoms with Crippen molar-refractivity contribution in [2.45, 2.75) is 33.7 Å². The van der Waals surface area contributed by atoms with Gasteiger partial charge in [-0.25, -0.2) is 4.98 Å². The van der Waals surface area contributed by atoms with Crippen LogP contribution in [0.5, 0.6) is 0 Å². The lowest BCUT2D eigenvalue weighted by atomic mass is 10.3. The Morgan fingerprint density at radius 1 is 1.25 bits per heavy atom. The number of carbonyl (C=O) groups is 2. The van der Waals surface area contributed by atoms with E-state index in [1.807, 2.05) is 13.8 Å². The number of anilines is 1. The van der Waals surface area contributed by atoms with Gasteiger partial charge in [0.25, 0.3) is 5.91 Å². The first-order valence-corrected chi connectivity index (χ1v) is 9.00. The molecule has 0 unspecified atom stereocenters. The van der Waals surface area contributed by atoms with Crippen molar-refractivity contribution in [2.75, 3.05) is 19.4 Å². The largest absolute Gasteiger partial charge is 0.344 e. The van der Waals surface area contributed by atoms with E-state index in [2.05, 4.69) is 31.3 Å². The van der Waals surface area contributed by atoms with E-state index in [1.165, 1.54) is 16.2 Å². The third kappa shape index (κ3) is 4.02. The van der Waals surface area contributed by atoms with Gasteiger partial charge >= 0.3 is 0 Å². The number of thiazole rings is 1. The summed E-state index contributed by atoms with van der Waals surface area (Å²) in [5.74, 6) is -0.269. The van der Waals surface area contributed by atoms with Crippen LogP contribution in [0.1, 0.15) is 33.2 Å². The van der Waals surface area contributed by atoms with Crippen LogP contribution in [-0.2, 0) is 11.3 Å². The summed E-state index contributed by atoms with van der Waals surface area (Å²) >= 11 is 4.66. The Morgan fingerprint density at radius 3 is 2.46 bits per heavy atom. The Labute approximate surface area is 153 Å². The third-order valence-electron chi connectivity index (χ3n) is 3.49. The topological polar surface area (TPSA) is 80.1 Å². The molecule has 0 radical (unpaired) electrons. The molecular formula is C15H20BrN5O2S. The monoisotopic (exact) mass is 413 g/mol. The summed E-state index contributed by atoms with van der Waals surface area (Å²) in [7, 11) is 3.37. The molecule has 130 valence electrons. The average molecular weight is 414 g/mol. The van der Waals surface area contributed by atoms with Crippen LogP contribution in [0.3, 0.4) is 0 Å². The molecule has 0 saturated carbocycles. The molecule has 0 saturated heterocycles. The van der Waals surface area contributed by atoms with Crippen LogP contribution in [0.2, 0.25) is 0 Å². The van der Waals surface area contributed by atoms with Crippen molar-refractivity contribution < 1.29 is 9.59 Å². The number of hydrogen-bond acceptors (Lipinski definition) is 5. The van der Waals surface area contributed by atoms with Gasteiger partial charge in [0, 0.05) is 26.2 Å². The Bertz CT molecular complexity index is 781. The second kappa shape index (κ2) is 7.43. The first-order chi connectivity index (χ1) is 11.2. The third-order valence-corrected chi connectivity index (χ3v) is 5.70. The number of rotatable bonds is 5. The Hall–Kier alpha value is -1.74. The number of hydrogen-bond donors (Lipinski definition) is 1. The van der Waals surface area contributed by atoms with Crippen LogP contribution in [0.15, 0.2) is 4.47 Å². The van der Waals surface area contributed by atoms with Gasteiger partial charge in [0.05, 0.1) is 22.4 Å². The molecular weight excluding hydrogens is 394 g/mol. The Morgan fingerprint density at radius 2 is 1.92 bits per heavy atom. The molecule has 7 nitrogen and oxygen atoms in total. The predicted octanol–water partition coefficient (Wildman–Crippen LogP) is 2.76. The van der Waals surface area contributed by atoms with Crippen molar-refractivity contribution in [1.29, 1.82) is 0 Å². The molecule has 0 aliphatic carbocycles. The molecule has 24 heavy (non-hydrogen) atoms. The number of halogens is 1. The molecule has 0 aromatic carbocycles. The maximum atomic E-state index is 12.1. The summed E-state index contributed by atoms with van der Waals surface area (Å²) in [5.41, 5.74) is 2.51. The highest BCUT2D eigenvalue weighted by atomic mass is 79.9. The SMILES string of the molecule is Cc1nc(NC(=O)CCn2nc(C)c(Br)c2C)sc1C(=O)N(C)C. The van der Waals surface area contributed by atoms with Gasteiger partial charge in [0.15, 0.2) is 5.13 Å². The quantitative estimate of drug-likeness (QED) is 0.816. The standard InChI is InChI=1S/C15H20BrN5O2S/c1-8-12(16)10(3)21(19-8)7-6-11(22)18-15-17-9(2)13(24-15)14(23)20(4)5/h6-7H2,1-5H3,(H,17,18,22). The van der Waals surface area contributed by atoms with Gasteiger partial charge in [0.2, 0.25) is 5.91 Å². The van der Waals surface area contributed by atoms with Crippen LogP contribution >= 0.6 is 27.3 Å². The molecule has 9 heteroatoms. The molecule has 2 rings (SSSR count). The van der Waals surface area contributed by atoms with Crippen LogP contribution < -0.4 is 5.32 Å². The second-order valence-corrected chi connectivity index (χ2v) is 7.43. The molecule has 2 aromatic heterocycles. The van der Waals surface area contributed by atoms with E-state index in [-0.39, 0.29) is 18.2 Å². The van der Waals surface area contributed by atoms with Gasteiger partial charge in [-0.05, 0) is 36.7 Å². The van der Waals surface area contributed by atoms with Crippen LogP contribution in [0.4, 0.5) is 5.13 Å². The number of carbonyl (C=O) groups excluding carboxylic acids is 2. The first-order valence-electron chi connectivity index (χ1n) is 7.39. The molecule has 0 spiro atoms. The van der Waals surface area contributed by atoms with Gasteiger partial charge in [-0.2, -0.15) is 5.10 Å². The Kier molecular flexibility index (Phi) is 5.76. The molecule has 0 bridgehead atoms. The summed E-state index contributed by atoms with van der Waals surface area (Å²) in [5, 5.41) is 7.57. The van der Waals surface area contributed by atoms with Crippen molar-refractivity contribution in [3.05, 3.63) is 26.4 Å². The zero-order valence-electron chi connectivity index (χ0n) is 14.3. The fourth-order valence-electron chi connectivity index (χ4n) is 2.13. The van der Waals surface area contributed by atoms with Crippen molar-refractivity contribution in [1.82, 2.24) is 19.7 Å². The number of nitrogens with one attached hydrogen (secondary N) is 1.